The summed E-state index contributed by atoms with van der Waals surface area (Å²) in [6, 6.07) is -1.00. The Morgan fingerprint density at radius 1 is 0.350 bits per heavy atom. The van der Waals surface area contributed by atoms with Crippen LogP contribution in [0, 0.1) is 0 Å². The van der Waals surface area contributed by atoms with Crippen LogP contribution in [0.4, 0.5) is 0 Å². The van der Waals surface area contributed by atoms with Crippen LogP contribution in [0.15, 0.2) is 72.9 Å². The highest BCUT2D eigenvalue weighted by molar-refractivity contribution is 5.76. The summed E-state index contributed by atoms with van der Waals surface area (Å²) in [6.45, 7) is 1.73. The van der Waals surface area contributed by atoms with Gasteiger partial charge in [0.1, 0.15) is 73.2 Å². The van der Waals surface area contributed by atoms with Gasteiger partial charge in [0.25, 0.3) is 0 Å². The minimum absolute atomic E-state index is 0.231. The molecule has 3 aliphatic rings. The van der Waals surface area contributed by atoms with E-state index in [0.717, 1.165) is 57.8 Å². The highest BCUT2D eigenvalue weighted by Gasteiger charge is 2.54. The minimum Gasteiger partial charge on any atom is -0.394 e. The van der Waals surface area contributed by atoms with Crippen molar-refractivity contribution in [2.24, 2.45) is 0 Å². The van der Waals surface area contributed by atoms with Crippen LogP contribution in [0.2, 0.25) is 0 Å². The number of allylic oxidation sites excluding steroid dienone is 11. The van der Waals surface area contributed by atoms with Crippen LogP contribution in [0.5, 0.6) is 0 Å². The highest BCUT2D eigenvalue weighted by atomic mass is 16.8. The number of nitrogens with one attached hydrogen (secondary N) is 1. The summed E-state index contributed by atoms with van der Waals surface area (Å²) in [4.78, 5) is 13.5. The van der Waals surface area contributed by atoms with Crippen molar-refractivity contribution in [3.05, 3.63) is 72.9 Å². The summed E-state index contributed by atoms with van der Waals surface area (Å²) < 4.78 is 34.4. The zero-order valence-corrected chi connectivity index (χ0v) is 64.3. The number of unbranched alkanes of at least 4 members (excludes halogenated alkanes) is 40. The van der Waals surface area contributed by atoms with Crippen molar-refractivity contribution in [1.29, 1.82) is 0 Å². The molecule has 3 heterocycles. The van der Waals surface area contributed by atoms with Gasteiger partial charge < -0.3 is 89.9 Å². The maximum Gasteiger partial charge on any atom is 0.220 e. The number of aliphatic hydroxyl groups excluding tert-OH is 11. The quantitative estimate of drug-likeness (QED) is 0.0199. The smallest absolute Gasteiger partial charge is 0.220 e. The lowest BCUT2D eigenvalue weighted by molar-refractivity contribution is -0.379. The standard InChI is InChI=1S/C84H151NO18/c1-3-5-7-9-11-13-15-17-19-21-23-25-27-29-30-31-32-33-34-35-36-38-40-42-44-46-48-50-52-54-56-58-60-62-72(90)85-67(68(89)61-59-57-55-53-51-49-47-45-43-41-39-37-28-26-24-22-20-18-16-14-12-10-8-6-4-2)66-98-82-78(96)75(93)80(70(64-87)100-82)103-84-79(97)76(94)81(71(65-88)101-84)102-83-77(95)74(92)73(91)69(63-86)99-83/h15,17,21,23,27,29,43,45,51,53,59,61,67-71,73-84,86-89,91-97H,3-14,16,18-20,22,24-26,28,30-42,44,46-50,52,54-58,60,62-66H2,1-2H3,(H,85,90)/b17-15-,23-21-,29-27-,45-43+,53-51+,61-59+. The van der Waals surface area contributed by atoms with Crippen molar-refractivity contribution < 1.29 is 89.4 Å². The molecule has 0 saturated carbocycles. The van der Waals surface area contributed by atoms with E-state index >= 15 is 0 Å². The average Bonchev–Trinajstić information content (AvgIpc) is 0.781. The van der Waals surface area contributed by atoms with Gasteiger partial charge >= 0.3 is 0 Å². The third kappa shape index (κ3) is 43.9. The number of aliphatic hydroxyl groups is 11. The Balaban J connectivity index is 1.37. The van der Waals surface area contributed by atoms with E-state index in [1.165, 1.54) is 231 Å². The Morgan fingerprint density at radius 3 is 1.04 bits per heavy atom. The number of ether oxygens (including phenoxy) is 6. The molecule has 19 heteroatoms. The zero-order valence-electron chi connectivity index (χ0n) is 64.3. The van der Waals surface area contributed by atoms with Gasteiger partial charge in [0.2, 0.25) is 5.91 Å². The molecule has 3 aliphatic heterocycles. The molecule has 103 heavy (non-hydrogen) atoms. The molecular weight excluding hydrogens is 1310 g/mol. The van der Waals surface area contributed by atoms with Crippen LogP contribution in [-0.2, 0) is 33.2 Å². The first kappa shape index (κ1) is 94.4. The molecule has 0 aromatic carbocycles. The number of amides is 1. The predicted octanol–water partition coefficient (Wildman–Crippen LogP) is 14.4. The van der Waals surface area contributed by atoms with Crippen LogP contribution in [0.25, 0.3) is 0 Å². The van der Waals surface area contributed by atoms with E-state index in [1.807, 2.05) is 6.08 Å². The maximum atomic E-state index is 13.5. The topological polar surface area (TPSA) is 307 Å². The van der Waals surface area contributed by atoms with Gasteiger partial charge in [-0.3, -0.25) is 4.79 Å². The van der Waals surface area contributed by atoms with Crippen molar-refractivity contribution in [2.75, 3.05) is 26.4 Å². The summed E-state index contributed by atoms with van der Waals surface area (Å²) >= 11 is 0. The summed E-state index contributed by atoms with van der Waals surface area (Å²) in [6.07, 6.45) is 57.5. The molecule has 17 atom stereocenters. The van der Waals surface area contributed by atoms with Crippen molar-refractivity contribution >= 4 is 5.91 Å². The second kappa shape index (κ2) is 64.1. The molecule has 0 aromatic heterocycles. The van der Waals surface area contributed by atoms with Gasteiger partial charge in [0.05, 0.1) is 38.6 Å². The molecule has 0 spiro atoms. The summed E-state index contributed by atoms with van der Waals surface area (Å²) in [5, 5.41) is 121. The van der Waals surface area contributed by atoms with Crippen molar-refractivity contribution in [3.8, 4) is 0 Å². The van der Waals surface area contributed by atoms with E-state index < -0.39 is 124 Å². The molecule has 0 aromatic rings. The van der Waals surface area contributed by atoms with Crippen molar-refractivity contribution in [2.45, 2.75) is 426 Å². The second-order valence-electron chi connectivity index (χ2n) is 29.6. The van der Waals surface area contributed by atoms with E-state index in [2.05, 4.69) is 79.9 Å². The van der Waals surface area contributed by atoms with E-state index in [1.54, 1.807) is 6.08 Å². The number of hydrogen-bond acceptors (Lipinski definition) is 18. The fraction of sp³-hybridized carbons (Fsp3) is 0.845. The van der Waals surface area contributed by atoms with Crippen LogP contribution in [0.1, 0.15) is 322 Å². The van der Waals surface area contributed by atoms with Gasteiger partial charge in [0.15, 0.2) is 18.9 Å². The first-order chi connectivity index (χ1) is 50.3. The lowest BCUT2D eigenvalue weighted by Crippen LogP contribution is -2.66. The van der Waals surface area contributed by atoms with Crippen molar-refractivity contribution in [3.63, 3.8) is 0 Å². The summed E-state index contributed by atoms with van der Waals surface area (Å²) in [5.74, 6) is -0.287. The Kier molecular flexibility index (Phi) is 58.8. The number of hydrogen-bond donors (Lipinski definition) is 12. The van der Waals surface area contributed by atoms with Crippen LogP contribution in [0.3, 0.4) is 0 Å². The van der Waals surface area contributed by atoms with Gasteiger partial charge in [-0.25, -0.2) is 0 Å². The lowest BCUT2D eigenvalue weighted by Gasteiger charge is -2.48. The van der Waals surface area contributed by atoms with Gasteiger partial charge in [-0.15, -0.1) is 0 Å². The number of rotatable bonds is 66. The van der Waals surface area contributed by atoms with E-state index in [9.17, 15) is 61.0 Å². The van der Waals surface area contributed by atoms with E-state index in [-0.39, 0.29) is 18.9 Å². The van der Waals surface area contributed by atoms with Crippen LogP contribution >= 0.6 is 0 Å². The van der Waals surface area contributed by atoms with Crippen LogP contribution < -0.4 is 5.32 Å². The molecule has 3 fully saturated rings. The third-order valence-corrected chi connectivity index (χ3v) is 20.5. The molecule has 600 valence electrons. The van der Waals surface area contributed by atoms with Gasteiger partial charge in [-0.05, 0) is 83.5 Å². The fourth-order valence-electron chi connectivity index (χ4n) is 13.8. The Bertz CT molecular complexity index is 2140. The zero-order chi connectivity index (χ0) is 74.6. The van der Waals surface area contributed by atoms with Gasteiger partial charge in [-0.2, -0.15) is 0 Å². The highest BCUT2D eigenvalue weighted by Crippen LogP contribution is 2.33. The normalized spacial score (nSPS) is 26.4. The van der Waals surface area contributed by atoms with Crippen molar-refractivity contribution in [1.82, 2.24) is 5.32 Å². The SMILES string of the molecule is CCCCCCC/C=C\C/C=C\C/C=C\CCCCCCCCCCCCCCCCCCCCC(=O)NC(COC1OC(CO)C(OC2OC(CO)C(OC3OC(CO)C(O)C(O)C3O)C(O)C2O)C(O)C1O)C(O)/C=C/CC/C=C/CC/C=C/CCCCCCCCCCCCCCCCC. The molecule has 3 saturated heterocycles. The van der Waals surface area contributed by atoms with Crippen LogP contribution in [-0.4, -0.2) is 193 Å². The summed E-state index contributed by atoms with van der Waals surface area (Å²) in [7, 11) is 0. The molecule has 17 unspecified atom stereocenters. The Morgan fingerprint density at radius 2 is 0.650 bits per heavy atom. The summed E-state index contributed by atoms with van der Waals surface area (Å²) in [5.41, 5.74) is 0. The van der Waals surface area contributed by atoms with Gasteiger partial charge in [0, 0.05) is 6.42 Å². The fourth-order valence-corrected chi connectivity index (χ4v) is 13.8. The Labute approximate surface area is 623 Å². The lowest BCUT2D eigenvalue weighted by atomic mass is 9.96. The molecule has 3 rings (SSSR count). The molecule has 0 bridgehead atoms. The Hall–Kier alpha value is -2.77. The maximum absolute atomic E-state index is 13.5. The molecule has 12 N–H and O–H groups in total. The van der Waals surface area contributed by atoms with E-state index in [0.29, 0.717) is 12.8 Å². The second-order valence-corrected chi connectivity index (χ2v) is 29.6. The molecule has 0 aliphatic carbocycles. The van der Waals surface area contributed by atoms with Gasteiger partial charge in [-0.1, -0.05) is 305 Å². The molecule has 1 amide bonds. The molecule has 19 nitrogen and oxygen atoms in total. The first-order valence-electron chi connectivity index (χ1n) is 41.7. The largest absolute Gasteiger partial charge is 0.394 e. The average molecular weight is 1460 g/mol. The minimum atomic E-state index is -1.99. The molecular formula is C84H151NO18. The number of carbonyl (C=O) groups is 1. The first-order valence-corrected chi connectivity index (χ1v) is 41.7. The van der Waals surface area contributed by atoms with E-state index in [4.69, 9.17) is 28.4 Å². The molecule has 0 radical (unpaired) electrons. The number of carbonyl (C=O) groups excluding carboxylic acids is 1. The third-order valence-electron chi connectivity index (χ3n) is 20.5. The predicted molar refractivity (Wildman–Crippen MR) is 411 cm³/mol. The monoisotopic (exact) mass is 1460 g/mol.